The molecule has 0 aliphatic rings. The maximum absolute atomic E-state index is 12.7. The van der Waals surface area contributed by atoms with Gasteiger partial charge in [0.25, 0.3) is 0 Å². The second kappa shape index (κ2) is 5.66. The average Bonchev–Trinajstić information content (AvgIpc) is 2.18. The number of rotatable bonds is 4. The molecule has 0 saturated carbocycles. The maximum atomic E-state index is 12.7. The Morgan fingerprint density at radius 3 is 2.47 bits per heavy atom. The Labute approximate surface area is 91.0 Å². The minimum absolute atomic E-state index is 0.185. The fourth-order valence-corrected chi connectivity index (χ4v) is 1.31. The van der Waals surface area contributed by atoms with Gasteiger partial charge in [0.15, 0.2) is 0 Å². The molecule has 0 radical (unpaired) electrons. The molecule has 1 rings (SSSR count). The molecule has 15 heavy (non-hydrogen) atoms. The highest BCUT2D eigenvalue weighted by Gasteiger charge is 2.02. The van der Waals surface area contributed by atoms with Crippen LogP contribution in [0, 0.1) is 5.82 Å². The lowest BCUT2D eigenvalue weighted by Gasteiger charge is -2.12. The summed E-state index contributed by atoms with van der Waals surface area (Å²) in [7, 11) is 0. The summed E-state index contributed by atoms with van der Waals surface area (Å²) >= 11 is 0. The van der Waals surface area contributed by atoms with Gasteiger partial charge in [0.05, 0.1) is 0 Å². The molecule has 0 amide bonds. The lowest BCUT2D eigenvalue weighted by molar-refractivity contribution is 0.605. The molecule has 1 aromatic rings. The molecule has 82 valence electrons. The first-order chi connectivity index (χ1) is 7.09. The number of hydrogen-bond donors (Lipinski definition) is 1. The molecule has 0 unspecified atom stereocenters. The molecule has 0 aliphatic heterocycles. The highest BCUT2D eigenvalue weighted by molar-refractivity contribution is 5.19. The number of halogens is 1. The summed E-state index contributed by atoms with van der Waals surface area (Å²) in [5, 5.41) is 3.35. The van der Waals surface area contributed by atoms with Crippen LogP contribution in [0.4, 0.5) is 4.39 Å². The summed E-state index contributed by atoms with van der Waals surface area (Å²) < 4.78 is 12.7. The molecule has 0 aromatic heterocycles. The molecular weight excluding hydrogens is 189 g/mol. The van der Waals surface area contributed by atoms with Gasteiger partial charge in [-0.2, -0.15) is 0 Å². The largest absolute Gasteiger partial charge is 0.307 e. The summed E-state index contributed by atoms with van der Waals surface area (Å²) in [4.78, 5) is 0. The Morgan fingerprint density at radius 2 is 1.93 bits per heavy atom. The molecule has 1 aromatic carbocycles. The van der Waals surface area contributed by atoms with Crippen LogP contribution in [0.3, 0.4) is 0 Å². The fraction of sp³-hybridized carbons (Fsp3) is 0.385. The van der Waals surface area contributed by atoms with Gasteiger partial charge in [-0.15, -0.1) is 0 Å². The summed E-state index contributed by atoms with van der Waals surface area (Å²) in [6.07, 6.45) is 2.14. The third-order valence-corrected chi connectivity index (χ3v) is 2.30. The molecule has 0 saturated heterocycles. The van der Waals surface area contributed by atoms with Crippen LogP contribution in [0.2, 0.25) is 0 Å². The third-order valence-electron chi connectivity index (χ3n) is 2.30. The van der Waals surface area contributed by atoms with Crippen LogP contribution in [0.1, 0.15) is 32.4 Å². The van der Waals surface area contributed by atoms with E-state index in [0.29, 0.717) is 0 Å². The molecule has 0 fully saturated rings. The zero-order valence-electron chi connectivity index (χ0n) is 9.55. The van der Waals surface area contributed by atoms with E-state index in [1.165, 1.54) is 17.7 Å². The minimum atomic E-state index is -0.185. The minimum Gasteiger partial charge on any atom is -0.307 e. The topological polar surface area (TPSA) is 12.0 Å². The first kappa shape index (κ1) is 11.9. The van der Waals surface area contributed by atoms with E-state index in [9.17, 15) is 4.39 Å². The van der Waals surface area contributed by atoms with E-state index in [1.807, 2.05) is 12.1 Å². The van der Waals surface area contributed by atoms with Crippen LogP contribution in [0.25, 0.3) is 0 Å². The summed E-state index contributed by atoms with van der Waals surface area (Å²) in [5.74, 6) is -0.185. The lowest BCUT2D eigenvalue weighted by Crippen LogP contribution is -2.18. The molecule has 1 nitrogen and oxygen atoms in total. The Hall–Kier alpha value is -1.15. The molecule has 1 atom stereocenters. The van der Waals surface area contributed by atoms with Crippen LogP contribution in [0.15, 0.2) is 35.9 Å². The van der Waals surface area contributed by atoms with E-state index in [4.69, 9.17) is 0 Å². The van der Waals surface area contributed by atoms with Gasteiger partial charge in [-0.25, -0.2) is 4.39 Å². The second-order valence-electron chi connectivity index (χ2n) is 3.96. The van der Waals surface area contributed by atoms with E-state index < -0.39 is 0 Å². The fourth-order valence-electron chi connectivity index (χ4n) is 1.31. The predicted octanol–water partition coefficient (Wildman–Crippen LogP) is 3.44. The molecular formula is C13H18FN. The molecule has 0 aliphatic carbocycles. The molecule has 0 bridgehead atoms. The van der Waals surface area contributed by atoms with E-state index in [-0.39, 0.29) is 11.9 Å². The molecule has 1 N–H and O–H groups in total. The number of benzene rings is 1. The Balaban J connectivity index is 2.50. The normalized spacial score (nSPS) is 12.3. The van der Waals surface area contributed by atoms with Crippen LogP contribution in [-0.4, -0.2) is 6.54 Å². The van der Waals surface area contributed by atoms with E-state index in [0.717, 1.165) is 12.1 Å². The van der Waals surface area contributed by atoms with Gasteiger partial charge >= 0.3 is 0 Å². The van der Waals surface area contributed by atoms with Crippen LogP contribution >= 0.6 is 0 Å². The molecule has 0 heterocycles. The maximum Gasteiger partial charge on any atom is 0.123 e. The Bertz CT molecular complexity index is 323. The van der Waals surface area contributed by atoms with Crippen molar-refractivity contribution in [3.8, 4) is 0 Å². The molecule has 0 spiro atoms. The van der Waals surface area contributed by atoms with E-state index in [1.54, 1.807) is 0 Å². The highest BCUT2D eigenvalue weighted by atomic mass is 19.1. The average molecular weight is 207 g/mol. The van der Waals surface area contributed by atoms with Crippen LogP contribution in [0.5, 0.6) is 0 Å². The quantitative estimate of drug-likeness (QED) is 0.746. The number of nitrogens with one attached hydrogen (secondary N) is 1. The summed E-state index contributed by atoms with van der Waals surface area (Å²) in [6, 6.07) is 6.87. The standard InChI is InChI=1S/C13H18FN/c1-10(2)8-9-15-11(3)12-4-6-13(14)7-5-12/h4-8,11,15H,9H2,1-3H3/t11-/m0/s1. The lowest BCUT2D eigenvalue weighted by atomic mass is 10.1. The molecule has 2 heteroatoms. The highest BCUT2D eigenvalue weighted by Crippen LogP contribution is 2.12. The third kappa shape index (κ3) is 4.26. The van der Waals surface area contributed by atoms with Crippen molar-refractivity contribution >= 4 is 0 Å². The first-order valence-corrected chi connectivity index (χ1v) is 5.22. The Morgan fingerprint density at radius 1 is 1.33 bits per heavy atom. The zero-order chi connectivity index (χ0) is 11.3. The van der Waals surface area contributed by atoms with Crippen molar-refractivity contribution < 1.29 is 4.39 Å². The van der Waals surface area contributed by atoms with Crippen molar-refractivity contribution in [3.63, 3.8) is 0 Å². The van der Waals surface area contributed by atoms with Crippen molar-refractivity contribution in [2.75, 3.05) is 6.54 Å². The van der Waals surface area contributed by atoms with Gasteiger partial charge in [-0.3, -0.25) is 0 Å². The van der Waals surface area contributed by atoms with Gasteiger partial charge in [0.1, 0.15) is 5.82 Å². The predicted molar refractivity (Wildman–Crippen MR) is 62.2 cm³/mol. The monoisotopic (exact) mass is 207 g/mol. The van der Waals surface area contributed by atoms with Gasteiger partial charge in [0, 0.05) is 12.6 Å². The smallest absolute Gasteiger partial charge is 0.123 e. The van der Waals surface area contributed by atoms with Crippen LogP contribution in [-0.2, 0) is 0 Å². The summed E-state index contributed by atoms with van der Waals surface area (Å²) in [6.45, 7) is 7.07. The van der Waals surface area contributed by atoms with Gasteiger partial charge < -0.3 is 5.32 Å². The SMILES string of the molecule is CC(C)=CCN[C@@H](C)c1ccc(F)cc1. The van der Waals surface area contributed by atoms with Crippen molar-refractivity contribution in [1.82, 2.24) is 5.32 Å². The van der Waals surface area contributed by atoms with Gasteiger partial charge in [-0.1, -0.05) is 23.8 Å². The van der Waals surface area contributed by atoms with Crippen molar-refractivity contribution in [3.05, 3.63) is 47.3 Å². The van der Waals surface area contributed by atoms with Crippen LogP contribution < -0.4 is 5.32 Å². The van der Waals surface area contributed by atoms with Crippen molar-refractivity contribution in [2.45, 2.75) is 26.8 Å². The summed E-state index contributed by atoms with van der Waals surface area (Å²) in [5.41, 5.74) is 2.41. The number of hydrogen-bond acceptors (Lipinski definition) is 1. The second-order valence-corrected chi connectivity index (χ2v) is 3.96. The van der Waals surface area contributed by atoms with Gasteiger partial charge in [0.2, 0.25) is 0 Å². The Kier molecular flexibility index (Phi) is 4.50. The van der Waals surface area contributed by atoms with Crippen molar-refractivity contribution in [1.29, 1.82) is 0 Å². The first-order valence-electron chi connectivity index (χ1n) is 5.22. The zero-order valence-corrected chi connectivity index (χ0v) is 9.55. The van der Waals surface area contributed by atoms with E-state index in [2.05, 4.69) is 32.2 Å². The van der Waals surface area contributed by atoms with Crippen molar-refractivity contribution in [2.24, 2.45) is 0 Å². The van der Waals surface area contributed by atoms with E-state index >= 15 is 0 Å². The number of allylic oxidation sites excluding steroid dienone is 1. The van der Waals surface area contributed by atoms with Gasteiger partial charge in [-0.05, 0) is 38.5 Å².